The van der Waals surface area contributed by atoms with Crippen LogP contribution in [0.3, 0.4) is 0 Å². The molecule has 27 heavy (non-hydrogen) atoms. The Bertz CT molecular complexity index is 963. The molecule has 0 N–H and O–H groups in total. The Morgan fingerprint density at radius 2 is 1.74 bits per heavy atom. The molecule has 2 aromatic carbocycles. The summed E-state index contributed by atoms with van der Waals surface area (Å²) in [7, 11) is 0. The molecule has 5 rings (SSSR count). The lowest BCUT2D eigenvalue weighted by atomic mass is 9.93. The van der Waals surface area contributed by atoms with Gasteiger partial charge in [0, 0.05) is 25.0 Å². The largest absolute Gasteiger partial charge is 0.492 e. The second-order valence-corrected chi connectivity index (χ2v) is 7.29. The van der Waals surface area contributed by atoms with Crippen LogP contribution in [-0.2, 0) is 17.8 Å². The van der Waals surface area contributed by atoms with Crippen molar-refractivity contribution in [2.45, 2.75) is 19.0 Å². The highest BCUT2D eigenvalue weighted by atomic mass is 16.5. The van der Waals surface area contributed by atoms with E-state index in [0.29, 0.717) is 6.61 Å². The highest BCUT2D eigenvalue weighted by Gasteiger charge is 2.37. The van der Waals surface area contributed by atoms with Crippen LogP contribution in [0.1, 0.15) is 22.9 Å². The van der Waals surface area contributed by atoms with E-state index in [4.69, 9.17) is 4.74 Å². The molecule has 4 heteroatoms. The molecule has 2 aliphatic rings. The molecular formula is C23H22N2O2. The van der Waals surface area contributed by atoms with E-state index in [-0.39, 0.29) is 17.9 Å². The second kappa shape index (κ2) is 6.62. The summed E-state index contributed by atoms with van der Waals surface area (Å²) in [5, 5.41) is 0. The van der Waals surface area contributed by atoms with Crippen LogP contribution in [0.25, 0.3) is 0 Å². The van der Waals surface area contributed by atoms with Gasteiger partial charge in [0.25, 0.3) is 0 Å². The average Bonchev–Trinajstić information content (AvgIpc) is 3.21. The Labute approximate surface area is 159 Å². The van der Waals surface area contributed by atoms with Crippen molar-refractivity contribution in [1.82, 2.24) is 9.47 Å². The standard InChI is InChI=1S/C23H22N2O2/c26-23(19-15-18-9-4-5-11-21(18)27-16-19)25-14-13-24-12-6-10-20(24)22(25)17-7-2-1-3-8-17/h1-12,19,22H,13-16H2. The summed E-state index contributed by atoms with van der Waals surface area (Å²) < 4.78 is 8.15. The van der Waals surface area contributed by atoms with E-state index < -0.39 is 0 Å². The Kier molecular flexibility index (Phi) is 3.97. The number of benzene rings is 2. The van der Waals surface area contributed by atoms with Gasteiger partial charge in [0.2, 0.25) is 5.91 Å². The van der Waals surface area contributed by atoms with Crippen molar-refractivity contribution in [2.75, 3.05) is 13.2 Å². The van der Waals surface area contributed by atoms with Gasteiger partial charge in [-0.2, -0.15) is 0 Å². The molecule has 0 saturated heterocycles. The zero-order valence-corrected chi connectivity index (χ0v) is 15.1. The molecule has 2 unspecified atom stereocenters. The number of carbonyl (C=O) groups is 1. The lowest BCUT2D eigenvalue weighted by Gasteiger charge is -2.40. The lowest BCUT2D eigenvalue weighted by Crippen LogP contribution is -2.47. The van der Waals surface area contributed by atoms with Gasteiger partial charge >= 0.3 is 0 Å². The fourth-order valence-corrected chi connectivity index (χ4v) is 4.33. The fraction of sp³-hybridized carbons (Fsp3) is 0.261. The van der Waals surface area contributed by atoms with E-state index in [9.17, 15) is 4.79 Å². The van der Waals surface area contributed by atoms with Crippen molar-refractivity contribution < 1.29 is 9.53 Å². The van der Waals surface area contributed by atoms with Gasteiger partial charge in [0.1, 0.15) is 12.4 Å². The predicted octanol–water partition coefficient (Wildman–Crippen LogP) is 3.67. The van der Waals surface area contributed by atoms with Crippen LogP contribution in [0, 0.1) is 5.92 Å². The van der Waals surface area contributed by atoms with Crippen LogP contribution < -0.4 is 4.74 Å². The number of fused-ring (bicyclic) bond motifs is 2. The Balaban J connectivity index is 1.47. The molecule has 4 nitrogen and oxygen atoms in total. The Hall–Kier alpha value is -3.01. The maximum Gasteiger partial charge on any atom is 0.230 e. The first-order valence-corrected chi connectivity index (χ1v) is 9.52. The fourth-order valence-electron chi connectivity index (χ4n) is 4.33. The van der Waals surface area contributed by atoms with Gasteiger partial charge < -0.3 is 14.2 Å². The molecule has 0 fully saturated rings. The first kappa shape index (κ1) is 16.2. The summed E-state index contributed by atoms with van der Waals surface area (Å²) in [6.07, 6.45) is 2.85. The molecule has 3 heterocycles. The van der Waals surface area contributed by atoms with Crippen LogP contribution in [0.15, 0.2) is 72.9 Å². The van der Waals surface area contributed by atoms with E-state index >= 15 is 0 Å². The summed E-state index contributed by atoms with van der Waals surface area (Å²) in [6.45, 7) is 2.01. The number of hydrogen-bond acceptors (Lipinski definition) is 2. The number of para-hydroxylation sites is 1. The highest BCUT2D eigenvalue weighted by Crippen LogP contribution is 2.35. The van der Waals surface area contributed by atoms with Crippen molar-refractivity contribution in [3.63, 3.8) is 0 Å². The van der Waals surface area contributed by atoms with Crippen molar-refractivity contribution in [3.8, 4) is 5.75 Å². The van der Waals surface area contributed by atoms with Crippen molar-refractivity contribution in [2.24, 2.45) is 5.92 Å². The summed E-state index contributed by atoms with van der Waals surface area (Å²) in [5.74, 6) is 0.965. The van der Waals surface area contributed by atoms with E-state index in [0.717, 1.165) is 36.4 Å². The Morgan fingerprint density at radius 1 is 0.926 bits per heavy atom. The molecule has 2 atom stereocenters. The maximum absolute atomic E-state index is 13.5. The van der Waals surface area contributed by atoms with E-state index in [2.05, 4.69) is 41.1 Å². The minimum atomic E-state index is -0.132. The minimum absolute atomic E-state index is 0.0420. The number of ether oxygens (including phenoxy) is 1. The summed E-state index contributed by atoms with van der Waals surface area (Å²) >= 11 is 0. The quantitative estimate of drug-likeness (QED) is 0.700. The van der Waals surface area contributed by atoms with Gasteiger partial charge in [-0.3, -0.25) is 4.79 Å². The van der Waals surface area contributed by atoms with E-state index in [1.807, 2.05) is 41.3 Å². The number of amides is 1. The van der Waals surface area contributed by atoms with Crippen LogP contribution in [-0.4, -0.2) is 28.5 Å². The smallest absolute Gasteiger partial charge is 0.230 e. The van der Waals surface area contributed by atoms with Gasteiger partial charge in [-0.15, -0.1) is 0 Å². The molecule has 136 valence electrons. The SMILES string of the molecule is O=C(C1COc2ccccc2C1)N1CCn2cccc2C1c1ccccc1. The van der Waals surface area contributed by atoms with Crippen LogP contribution >= 0.6 is 0 Å². The third-order valence-corrected chi connectivity index (χ3v) is 5.66. The van der Waals surface area contributed by atoms with Gasteiger partial charge in [0.05, 0.1) is 12.0 Å². The number of hydrogen-bond donors (Lipinski definition) is 0. The highest BCUT2D eigenvalue weighted by molar-refractivity contribution is 5.81. The minimum Gasteiger partial charge on any atom is -0.492 e. The average molecular weight is 358 g/mol. The van der Waals surface area contributed by atoms with Crippen LogP contribution in [0.4, 0.5) is 0 Å². The molecule has 0 spiro atoms. The predicted molar refractivity (Wildman–Crippen MR) is 104 cm³/mol. The third kappa shape index (κ3) is 2.81. The first-order chi connectivity index (χ1) is 13.3. The van der Waals surface area contributed by atoms with Gasteiger partial charge in [-0.1, -0.05) is 48.5 Å². The molecule has 0 radical (unpaired) electrons. The third-order valence-electron chi connectivity index (χ3n) is 5.66. The normalized spacial score (nSPS) is 21.1. The van der Waals surface area contributed by atoms with Crippen molar-refractivity contribution >= 4 is 5.91 Å². The number of nitrogens with zero attached hydrogens (tertiary/aromatic N) is 2. The van der Waals surface area contributed by atoms with Gasteiger partial charge in [0.15, 0.2) is 0 Å². The molecule has 1 aromatic heterocycles. The van der Waals surface area contributed by atoms with E-state index in [1.165, 1.54) is 5.69 Å². The molecule has 0 saturated carbocycles. The second-order valence-electron chi connectivity index (χ2n) is 7.29. The first-order valence-electron chi connectivity index (χ1n) is 9.52. The molecule has 2 aliphatic heterocycles. The van der Waals surface area contributed by atoms with Crippen molar-refractivity contribution in [1.29, 1.82) is 0 Å². The van der Waals surface area contributed by atoms with Gasteiger partial charge in [-0.25, -0.2) is 0 Å². The zero-order valence-electron chi connectivity index (χ0n) is 15.1. The summed E-state index contributed by atoms with van der Waals surface area (Å²) in [4.78, 5) is 15.6. The molecule has 1 amide bonds. The molecular weight excluding hydrogens is 336 g/mol. The molecule has 3 aromatic rings. The monoisotopic (exact) mass is 358 g/mol. The van der Waals surface area contributed by atoms with Crippen LogP contribution in [0.2, 0.25) is 0 Å². The molecule has 0 bridgehead atoms. The maximum atomic E-state index is 13.5. The Morgan fingerprint density at radius 3 is 2.63 bits per heavy atom. The zero-order chi connectivity index (χ0) is 18.2. The summed E-state index contributed by atoms with van der Waals surface area (Å²) in [5.41, 5.74) is 3.46. The lowest BCUT2D eigenvalue weighted by molar-refractivity contribution is -0.139. The molecule has 0 aliphatic carbocycles. The number of carbonyl (C=O) groups excluding carboxylic acids is 1. The summed E-state index contributed by atoms with van der Waals surface area (Å²) in [6, 6.07) is 22.5. The van der Waals surface area contributed by atoms with Crippen LogP contribution in [0.5, 0.6) is 5.75 Å². The number of aromatic nitrogens is 1. The number of rotatable bonds is 2. The van der Waals surface area contributed by atoms with Crippen molar-refractivity contribution in [3.05, 3.63) is 89.7 Å². The van der Waals surface area contributed by atoms with E-state index in [1.54, 1.807) is 0 Å². The van der Waals surface area contributed by atoms with Gasteiger partial charge in [-0.05, 0) is 35.7 Å². The topological polar surface area (TPSA) is 34.5 Å².